The third kappa shape index (κ3) is 5.05. The fourth-order valence-electron chi connectivity index (χ4n) is 2.66. The Morgan fingerprint density at radius 3 is 2.83 bits per heavy atom. The molecule has 152 valence electrons. The molecule has 1 saturated heterocycles. The van der Waals surface area contributed by atoms with E-state index in [0.717, 1.165) is 23.0 Å². The van der Waals surface area contributed by atoms with Gasteiger partial charge in [-0.15, -0.1) is 0 Å². The van der Waals surface area contributed by atoms with Crippen LogP contribution in [0.5, 0.6) is 5.75 Å². The number of nitrogens with one attached hydrogen (secondary N) is 2. The lowest BCUT2D eigenvalue weighted by atomic mass is 10.2. The second-order valence-electron chi connectivity index (χ2n) is 6.21. The van der Waals surface area contributed by atoms with Crippen LogP contribution in [-0.4, -0.2) is 34.5 Å². The van der Waals surface area contributed by atoms with E-state index in [1.165, 1.54) is 25.3 Å². The van der Waals surface area contributed by atoms with Gasteiger partial charge < -0.3 is 25.8 Å². The number of carbonyl (C=O) groups excluding carboxylic acids is 2. The number of hydrogen-bond donors (Lipinski definition) is 3. The van der Waals surface area contributed by atoms with Crippen molar-refractivity contribution in [3.05, 3.63) is 53.2 Å². The summed E-state index contributed by atoms with van der Waals surface area (Å²) in [6.45, 7) is 1.92. The second-order valence-corrected chi connectivity index (χ2v) is 7.40. The standard InChI is InChI=1S/C19H19N4O5S/c1-11-5-3-4-6-13(11)21-19-22-18(25)16(29-19)10-17(24)20-14-8-7-12(28-2)9-15(14)23(26)27/h3-9,16,26H,10H2,1-2H3,(H,20,24)(H,21,22,25)/q-1. The predicted octanol–water partition coefficient (Wildman–Crippen LogP) is 2.94. The van der Waals surface area contributed by atoms with Crippen molar-refractivity contribution in [1.82, 2.24) is 5.32 Å². The molecule has 0 saturated carbocycles. The summed E-state index contributed by atoms with van der Waals surface area (Å²) in [5.41, 5.74) is 1.63. The van der Waals surface area contributed by atoms with E-state index in [0.29, 0.717) is 10.9 Å². The Bertz CT molecular complexity index is 963. The topological polar surface area (TPSA) is 126 Å². The van der Waals surface area contributed by atoms with Crippen LogP contribution >= 0.6 is 11.8 Å². The highest BCUT2D eigenvalue weighted by Crippen LogP contribution is 2.31. The van der Waals surface area contributed by atoms with E-state index in [9.17, 15) is 20.0 Å². The number of thioether (sulfide) groups is 1. The molecular formula is C19H19N4O5S-. The third-order valence-electron chi connectivity index (χ3n) is 4.17. The van der Waals surface area contributed by atoms with Gasteiger partial charge in [-0.05, 0) is 30.7 Å². The van der Waals surface area contributed by atoms with Crippen LogP contribution in [0.25, 0.3) is 0 Å². The molecule has 3 rings (SSSR count). The molecule has 9 nitrogen and oxygen atoms in total. The van der Waals surface area contributed by atoms with Gasteiger partial charge in [-0.2, -0.15) is 0 Å². The van der Waals surface area contributed by atoms with Crippen molar-refractivity contribution in [2.45, 2.75) is 18.6 Å². The number of aryl methyl sites for hydroxylation is 1. The van der Waals surface area contributed by atoms with Gasteiger partial charge in [0.15, 0.2) is 5.17 Å². The largest absolute Gasteiger partial charge is 0.733 e. The number of anilines is 2. The smallest absolute Gasteiger partial charge is 0.240 e. The molecule has 10 heteroatoms. The van der Waals surface area contributed by atoms with Crippen molar-refractivity contribution in [3.63, 3.8) is 0 Å². The lowest BCUT2D eigenvalue weighted by molar-refractivity contribution is -0.122. The molecule has 2 aromatic rings. The van der Waals surface area contributed by atoms with E-state index < -0.39 is 11.2 Å². The summed E-state index contributed by atoms with van der Waals surface area (Å²) in [6, 6.07) is 11.8. The highest BCUT2D eigenvalue weighted by atomic mass is 32.2. The van der Waals surface area contributed by atoms with Crippen molar-refractivity contribution in [3.8, 4) is 5.75 Å². The molecule has 2 aromatic carbocycles. The number of rotatable bonds is 6. The van der Waals surface area contributed by atoms with Gasteiger partial charge >= 0.3 is 0 Å². The summed E-state index contributed by atoms with van der Waals surface area (Å²) in [5.74, 6) is -0.459. The molecule has 0 aliphatic carbocycles. The number of carbonyl (C=O) groups is 2. The maximum Gasteiger partial charge on any atom is 0.240 e. The lowest BCUT2D eigenvalue weighted by Gasteiger charge is -2.25. The predicted molar refractivity (Wildman–Crippen MR) is 112 cm³/mol. The monoisotopic (exact) mass is 415 g/mol. The maximum absolute atomic E-state index is 12.4. The second kappa shape index (κ2) is 8.95. The summed E-state index contributed by atoms with van der Waals surface area (Å²) >= 11 is 1.16. The molecule has 0 radical (unpaired) electrons. The number of benzene rings is 2. The van der Waals surface area contributed by atoms with Gasteiger partial charge in [0.05, 0.1) is 24.2 Å². The molecule has 1 aliphatic heterocycles. The molecule has 1 fully saturated rings. The Morgan fingerprint density at radius 1 is 1.38 bits per heavy atom. The van der Waals surface area contributed by atoms with Gasteiger partial charge in [0.2, 0.25) is 11.8 Å². The summed E-state index contributed by atoms with van der Waals surface area (Å²) < 4.78 is 5.00. The highest BCUT2D eigenvalue weighted by Gasteiger charge is 2.32. The Labute approximate surface area is 171 Å². The van der Waals surface area contributed by atoms with Crippen LogP contribution in [0.2, 0.25) is 0 Å². The molecule has 0 spiro atoms. The molecular weight excluding hydrogens is 396 g/mol. The van der Waals surface area contributed by atoms with Gasteiger partial charge in [-0.3, -0.25) is 14.8 Å². The molecule has 3 N–H and O–H groups in total. The van der Waals surface area contributed by atoms with Crippen LogP contribution in [0.15, 0.2) is 47.5 Å². The van der Waals surface area contributed by atoms with Crippen molar-refractivity contribution in [1.29, 1.82) is 0 Å². The van der Waals surface area contributed by atoms with Gasteiger partial charge in [0, 0.05) is 12.5 Å². The van der Waals surface area contributed by atoms with Crippen molar-refractivity contribution < 1.29 is 19.5 Å². The lowest BCUT2D eigenvalue weighted by Crippen LogP contribution is -2.28. The first-order valence-electron chi connectivity index (χ1n) is 8.63. The minimum absolute atomic E-state index is 0.102. The molecule has 0 aromatic heterocycles. The van der Waals surface area contributed by atoms with E-state index in [2.05, 4.69) is 15.6 Å². The van der Waals surface area contributed by atoms with Crippen LogP contribution in [0.1, 0.15) is 12.0 Å². The van der Waals surface area contributed by atoms with Crippen LogP contribution in [0.3, 0.4) is 0 Å². The molecule has 1 atom stereocenters. The maximum atomic E-state index is 12.4. The minimum Gasteiger partial charge on any atom is -0.733 e. The van der Waals surface area contributed by atoms with Crippen LogP contribution in [-0.2, 0) is 9.59 Å². The molecule has 2 amide bonds. The number of para-hydroxylation sites is 1. The first kappa shape index (κ1) is 20.6. The SMILES string of the molecule is COc1ccc(NC(=O)CC2SC(=Nc3ccccc3C)NC2=O)c(N([O-])O)c1. The quantitative estimate of drug-likeness (QED) is 0.619. The van der Waals surface area contributed by atoms with E-state index in [-0.39, 0.29) is 28.9 Å². The average molecular weight is 415 g/mol. The van der Waals surface area contributed by atoms with Gasteiger partial charge in [-0.1, -0.05) is 30.0 Å². The zero-order chi connectivity index (χ0) is 21.0. The van der Waals surface area contributed by atoms with E-state index in [1.807, 2.05) is 31.2 Å². The molecule has 1 unspecified atom stereocenters. The molecule has 1 aliphatic rings. The van der Waals surface area contributed by atoms with Crippen LogP contribution in [0, 0.1) is 12.1 Å². The summed E-state index contributed by atoms with van der Waals surface area (Å²) in [7, 11) is 1.41. The zero-order valence-corrected chi connectivity index (χ0v) is 16.5. The fraction of sp³-hybridized carbons (Fsp3) is 0.211. The van der Waals surface area contributed by atoms with Gasteiger partial charge in [0.25, 0.3) is 0 Å². The van der Waals surface area contributed by atoms with E-state index >= 15 is 0 Å². The molecule has 0 bridgehead atoms. The van der Waals surface area contributed by atoms with Crippen molar-refractivity contribution in [2.24, 2.45) is 4.99 Å². The van der Waals surface area contributed by atoms with E-state index in [4.69, 9.17) is 4.74 Å². The number of aliphatic imine (C=N–C) groups is 1. The Hall–Kier alpha value is -3.08. The minimum atomic E-state index is -0.656. The number of ether oxygens (including phenoxy) is 1. The fourth-order valence-corrected chi connectivity index (χ4v) is 3.64. The van der Waals surface area contributed by atoms with Crippen molar-refractivity contribution in [2.75, 3.05) is 17.7 Å². The summed E-state index contributed by atoms with van der Waals surface area (Å²) in [6.07, 6.45) is -0.126. The Kier molecular flexibility index (Phi) is 6.37. The number of hydrogen-bond acceptors (Lipinski definition) is 8. The average Bonchev–Trinajstić information content (AvgIpc) is 3.02. The van der Waals surface area contributed by atoms with Crippen LogP contribution < -0.4 is 20.6 Å². The van der Waals surface area contributed by atoms with Crippen LogP contribution in [0.4, 0.5) is 17.1 Å². The first-order valence-corrected chi connectivity index (χ1v) is 9.51. The number of nitrogens with zero attached hydrogens (tertiary/aromatic N) is 2. The highest BCUT2D eigenvalue weighted by molar-refractivity contribution is 8.15. The normalized spacial score (nSPS) is 17.2. The summed E-state index contributed by atoms with van der Waals surface area (Å²) in [5, 5.41) is 25.2. The Morgan fingerprint density at radius 2 is 2.14 bits per heavy atom. The van der Waals surface area contributed by atoms with Gasteiger partial charge in [-0.25, -0.2) is 4.99 Å². The number of amides is 2. The zero-order valence-electron chi connectivity index (χ0n) is 15.7. The molecule has 1 heterocycles. The van der Waals surface area contributed by atoms with Gasteiger partial charge in [0.1, 0.15) is 11.0 Å². The number of amidine groups is 1. The van der Waals surface area contributed by atoms with Crippen molar-refractivity contribution >= 4 is 45.8 Å². The molecule has 29 heavy (non-hydrogen) atoms. The first-order chi connectivity index (χ1) is 13.9. The van der Waals surface area contributed by atoms with E-state index in [1.54, 1.807) is 0 Å². The summed E-state index contributed by atoms with van der Waals surface area (Å²) in [4.78, 5) is 29.0. The Balaban J connectivity index is 1.67. The number of methoxy groups -OCH3 is 1. The third-order valence-corrected chi connectivity index (χ3v) is 5.25.